The normalized spacial score (nSPS) is 10.5. The summed E-state index contributed by atoms with van der Waals surface area (Å²) in [5.41, 5.74) is 0. The molecule has 0 amide bonds. The lowest BCUT2D eigenvalue weighted by Crippen LogP contribution is -1.91. The van der Waals surface area contributed by atoms with Gasteiger partial charge in [0.05, 0.1) is 9.50 Å². The Bertz CT molecular complexity index is 606. The molecular formula is C11H4BrCl4NO. The molecule has 18 heavy (non-hydrogen) atoms. The van der Waals surface area contributed by atoms with Crippen molar-refractivity contribution in [1.29, 1.82) is 0 Å². The maximum absolute atomic E-state index is 5.96. The molecule has 0 atom stereocenters. The first-order valence-corrected chi connectivity index (χ1v) is 6.92. The van der Waals surface area contributed by atoms with Crippen LogP contribution in [0.1, 0.15) is 0 Å². The molecular weight excluding hydrogens is 384 g/mol. The van der Waals surface area contributed by atoms with Crippen molar-refractivity contribution >= 4 is 62.3 Å². The van der Waals surface area contributed by atoms with Crippen LogP contribution in [0.2, 0.25) is 20.2 Å². The van der Waals surface area contributed by atoms with Gasteiger partial charge in [0, 0.05) is 5.02 Å². The van der Waals surface area contributed by atoms with E-state index in [9.17, 15) is 0 Å². The molecule has 0 aliphatic carbocycles. The Morgan fingerprint density at radius 3 is 2.39 bits per heavy atom. The summed E-state index contributed by atoms with van der Waals surface area (Å²) in [6, 6.07) is 6.54. The summed E-state index contributed by atoms with van der Waals surface area (Å²) in [5.74, 6) is 0.696. The van der Waals surface area contributed by atoms with Gasteiger partial charge in [-0.25, -0.2) is 0 Å². The topological polar surface area (TPSA) is 22.1 Å². The van der Waals surface area contributed by atoms with Crippen LogP contribution in [-0.2, 0) is 0 Å². The lowest BCUT2D eigenvalue weighted by Gasteiger charge is -2.09. The van der Waals surface area contributed by atoms with Crippen molar-refractivity contribution in [3.63, 3.8) is 0 Å². The number of aromatic nitrogens is 1. The Hall–Kier alpha value is -0.190. The van der Waals surface area contributed by atoms with E-state index in [0.717, 1.165) is 0 Å². The van der Waals surface area contributed by atoms with Crippen molar-refractivity contribution in [2.45, 2.75) is 0 Å². The molecule has 2 nitrogen and oxygen atoms in total. The maximum atomic E-state index is 5.96. The predicted octanol–water partition coefficient (Wildman–Crippen LogP) is 6.25. The van der Waals surface area contributed by atoms with Gasteiger partial charge in [-0.2, -0.15) is 4.98 Å². The van der Waals surface area contributed by atoms with Gasteiger partial charge in [-0.3, -0.25) is 0 Å². The first kappa shape index (κ1) is 14.2. The molecule has 0 unspecified atom stereocenters. The summed E-state index contributed by atoms with van der Waals surface area (Å²) in [6.45, 7) is 0. The molecule has 0 aliphatic heterocycles. The summed E-state index contributed by atoms with van der Waals surface area (Å²) in [7, 11) is 0. The van der Waals surface area contributed by atoms with Crippen molar-refractivity contribution in [3.8, 4) is 11.6 Å². The molecule has 0 radical (unpaired) electrons. The number of nitrogens with zero attached hydrogens (tertiary/aromatic N) is 1. The van der Waals surface area contributed by atoms with E-state index >= 15 is 0 Å². The van der Waals surface area contributed by atoms with Crippen molar-refractivity contribution < 1.29 is 4.74 Å². The third-order valence-electron chi connectivity index (χ3n) is 1.96. The first-order chi connectivity index (χ1) is 8.47. The van der Waals surface area contributed by atoms with E-state index in [1.165, 1.54) is 6.07 Å². The molecule has 94 valence electrons. The van der Waals surface area contributed by atoms with Gasteiger partial charge in [0.15, 0.2) is 5.15 Å². The van der Waals surface area contributed by atoms with Crippen LogP contribution < -0.4 is 4.74 Å². The van der Waals surface area contributed by atoms with Crippen LogP contribution in [0.3, 0.4) is 0 Å². The van der Waals surface area contributed by atoms with Crippen LogP contribution in [-0.4, -0.2) is 4.98 Å². The molecule has 2 rings (SSSR count). The number of benzene rings is 1. The average Bonchev–Trinajstić information content (AvgIpc) is 2.29. The molecule has 7 heteroatoms. The predicted molar refractivity (Wildman–Crippen MR) is 78.5 cm³/mol. The highest BCUT2D eigenvalue weighted by atomic mass is 79.9. The summed E-state index contributed by atoms with van der Waals surface area (Å²) >= 11 is 26.7. The van der Waals surface area contributed by atoms with E-state index in [1.807, 2.05) is 0 Å². The summed E-state index contributed by atoms with van der Waals surface area (Å²) < 4.78 is 6.22. The monoisotopic (exact) mass is 385 g/mol. The molecule has 0 N–H and O–H groups in total. The van der Waals surface area contributed by atoms with Gasteiger partial charge in [-0.15, -0.1) is 0 Å². The Kier molecular flexibility index (Phi) is 4.62. The van der Waals surface area contributed by atoms with E-state index in [1.54, 1.807) is 18.2 Å². The molecule has 2 aromatic rings. The molecule has 1 aromatic heterocycles. The zero-order chi connectivity index (χ0) is 13.3. The standard InChI is InChI=1S/C11H4BrCl4NO/c12-6-3-5(13)1-2-9(6)18-11-8(15)4-7(14)10(16)17-11/h1-4H. The smallest absolute Gasteiger partial charge is 0.239 e. The van der Waals surface area contributed by atoms with Gasteiger partial charge >= 0.3 is 0 Å². The lowest BCUT2D eigenvalue weighted by atomic mass is 10.3. The third-order valence-corrected chi connectivity index (χ3v) is 3.75. The highest BCUT2D eigenvalue weighted by Crippen LogP contribution is 2.36. The molecule has 0 bridgehead atoms. The molecule has 0 aliphatic rings. The van der Waals surface area contributed by atoms with E-state index in [4.69, 9.17) is 51.1 Å². The van der Waals surface area contributed by atoms with Crippen LogP contribution >= 0.6 is 62.3 Å². The molecule has 0 fully saturated rings. The van der Waals surface area contributed by atoms with Crippen molar-refractivity contribution in [3.05, 3.63) is 49.0 Å². The summed E-state index contributed by atoms with van der Waals surface area (Å²) in [5, 5.41) is 1.25. The van der Waals surface area contributed by atoms with Crippen LogP contribution in [0.5, 0.6) is 11.6 Å². The second kappa shape index (κ2) is 5.85. The van der Waals surface area contributed by atoms with E-state index in [0.29, 0.717) is 15.2 Å². The number of pyridine rings is 1. The largest absolute Gasteiger partial charge is 0.436 e. The van der Waals surface area contributed by atoms with Gasteiger partial charge in [0.25, 0.3) is 0 Å². The Morgan fingerprint density at radius 1 is 1.00 bits per heavy atom. The van der Waals surface area contributed by atoms with Crippen LogP contribution in [0.15, 0.2) is 28.7 Å². The SMILES string of the molecule is Clc1ccc(Oc2nc(Cl)c(Cl)cc2Cl)c(Br)c1. The van der Waals surface area contributed by atoms with Gasteiger partial charge in [0.2, 0.25) is 5.88 Å². The van der Waals surface area contributed by atoms with E-state index < -0.39 is 0 Å². The molecule has 0 saturated heterocycles. The van der Waals surface area contributed by atoms with Crippen molar-refractivity contribution in [2.24, 2.45) is 0 Å². The molecule has 1 heterocycles. The molecule has 0 saturated carbocycles. The van der Waals surface area contributed by atoms with E-state index in [2.05, 4.69) is 20.9 Å². The lowest BCUT2D eigenvalue weighted by molar-refractivity contribution is 0.460. The fourth-order valence-corrected chi connectivity index (χ4v) is 2.45. The number of halogens is 5. The first-order valence-electron chi connectivity index (χ1n) is 4.62. The van der Waals surface area contributed by atoms with Gasteiger partial charge in [-0.05, 0) is 40.2 Å². The van der Waals surface area contributed by atoms with Crippen LogP contribution in [0.25, 0.3) is 0 Å². The number of hydrogen-bond donors (Lipinski definition) is 0. The second-order valence-electron chi connectivity index (χ2n) is 3.22. The highest BCUT2D eigenvalue weighted by molar-refractivity contribution is 9.10. The summed E-state index contributed by atoms with van der Waals surface area (Å²) in [6.07, 6.45) is 0. The number of hydrogen-bond acceptors (Lipinski definition) is 2. The van der Waals surface area contributed by atoms with E-state index in [-0.39, 0.29) is 21.1 Å². The molecule has 1 aromatic carbocycles. The fourth-order valence-electron chi connectivity index (χ4n) is 1.16. The minimum absolute atomic E-state index is 0.126. The minimum Gasteiger partial charge on any atom is -0.436 e. The van der Waals surface area contributed by atoms with Crippen LogP contribution in [0.4, 0.5) is 0 Å². The Morgan fingerprint density at radius 2 is 1.72 bits per heavy atom. The fraction of sp³-hybridized carbons (Fsp3) is 0. The second-order valence-corrected chi connectivity index (χ2v) is 5.69. The summed E-state index contributed by atoms with van der Waals surface area (Å²) in [4.78, 5) is 3.96. The quantitative estimate of drug-likeness (QED) is 0.568. The zero-order valence-corrected chi connectivity index (χ0v) is 13.2. The number of ether oxygens (including phenoxy) is 1. The highest BCUT2D eigenvalue weighted by Gasteiger charge is 2.11. The van der Waals surface area contributed by atoms with Gasteiger partial charge < -0.3 is 4.74 Å². The van der Waals surface area contributed by atoms with Crippen LogP contribution in [0, 0.1) is 0 Å². The maximum Gasteiger partial charge on any atom is 0.239 e. The van der Waals surface area contributed by atoms with Gasteiger partial charge in [0.1, 0.15) is 10.8 Å². The minimum atomic E-state index is 0.126. The zero-order valence-electron chi connectivity index (χ0n) is 8.55. The van der Waals surface area contributed by atoms with Crippen molar-refractivity contribution in [2.75, 3.05) is 0 Å². The Labute approximate surface area is 132 Å². The number of rotatable bonds is 2. The van der Waals surface area contributed by atoms with Gasteiger partial charge in [-0.1, -0.05) is 46.4 Å². The van der Waals surface area contributed by atoms with Crippen molar-refractivity contribution in [1.82, 2.24) is 4.98 Å². The third kappa shape index (κ3) is 3.22. The average molecular weight is 388 g/mol. The Balaban J connectivity index is 2.37. The molecule has 0 spiro atoms.